The average Bonchev–Trinajstić information content (AvgIpc) is 3.29. The molecule has 3 rings (SSSR count). The number of aryl methyl sites for hydroxylation is 2. The molecule has 0 aliphatic heterocycles. The summed E-state index contributed by atoms with van der Waals surface area (Å²) < 4.78 is 5.04. The number of benzene rings is 2. The fraction of sp³-hybridized carbons (Fsp3) is 0.500. The van der Waals surface area contributed by atoms with Crippen LogP contribution in [0.4, 0.5) is 5.69 Å². The van der Waals surface area contributed by atoms with Crippen LogP contribution < -0.4 is 10.2 Å². The van der Waals surface area contributed by atoms with E-state index in [1.165, 1.54) is 29.5 Å². The lowest BCUT2D eigenvalue weighted by molar-refractivity contribution is -0.117. The summed E-state index contributed by atoms with van der Waals surface area (Å²) in [5.74, 6) is 0.102. The van der Waals surface area contributed by atoms with Crippen molar-refractivity contribution in [3.05, 3.63) is 64.2 Å². The highest BCUT2D eigenvalue weighted by molar-refractivity contribution is 5.95. The third kappa shape index (κ3) is 6.67. The van der Waals surface area contributed by atoms with Gasteiger partial charge in [0.1, 0.15) is 0 Å². The highest BCUT2D eigenvalue weighted by atomic mass is 16.5. The van der Waals surface area contributed by atoms with Crippen LogP contribution in [0.5, 0.6) is 0 Å². The van der Waals surface area contributed by atoms with Gasteiger partial charge in [0.2, 0.25) is 5.91 Å². The molecular weight excluding hydrogens is 412 g/mol. The average molecular weight is 451 g/mol. The number of anilines is 1. The molecule has 0 radical (unpaired) electrons. The molecule has 5 heteroatoms. The molecule has 0 bridgehead atoms. The second-order valence-electron chi connectivity index (χ2n) is 9.22. The Kier molecular flexibility index (Phi) is 9.07. The van der Waals surface area contributed by atoms with Crippen LogP contribution in [0.1, 0.15) is 78.1 Å². The summed E-state index contributed by atoms with van der Waals surface area (Å²) in [6, 6.07) is 12.8. The fourth-order valence-corrected chi connectivity index (χ4v) is 4.82. The maximum atomic E-state index is 12.5. The van der Waals surface area contributed by atoms with Crippen LogP contribution in [0.25, 0.3) is 0 Å². The number of rotatable bonds is 10. The molecule has 0 atom stereocenters. The first-order chi connectivity index (χ1) is 15.9. The summed E-state index contributed by atoms with van der Waals surface area (Å²) in [6.07, 6.45) is 7.24. The Balaban J connectivity index is 1.66. The van der Waals surface area contributed by atoms with Crippen molar-refractivity contribution in [2.75, 3.05) is 25.2 Å². The third-order valence-electron chi connectivity index (χ3n) is 6.62. The third-order valence-corrected chi connectivity index (χ3v) is 6.62. The van der Waals surface area contributed by atoms with Crippen LogP contribution >= 0.6 is 0 Å². The molecule has 2 aromatic rings. The number of unbranched alkanes of at least 4 members (excludes halogenated alkanes) is 1. The molecule has 1 fully saturated rings. The summed E-state index contributed by atoms with van der Waals surface area (Å²) in [6.45, 7) is 7.15. The minimum absolute atomic E-state index is 0.0202. The van der Waals surface area contributed by atoms with Crippen molar-refractivity contribution in [3.8, 4) is 0 Å². The van der Waals surface area contributed by atoms with Gasteiger partial charge >= 0.3 is 0 Å². The standard InChI is InChI=1S/C28H38N2O3/c1-20-18-26(30(22(3)31)25-9-5-6-10-25)13-12-24(20)19-23-11-14-27(21(2)17-23)28(32)29-15-7-8-16-33-4/h11-14,17-18,25H,5-10,15-16,19H2,1-4H3,(H,29,32). The molecule has 178 valence electrons. The quantitative estimate of drug-likeness (QED) is 0.497. The lowest BCUT2D eigenvalue weighted by atomic mass is 9.96. The monoisotopic (exact) mass is 450 g/mol. The molecule has 2 aromatic carbocycles. The van der Waals surface area contributed by atoms with Gasteiger partial charge in [-0.15, -0.1) is 0 Å². The summed E-state index contributed by atoms with van der Waals surface area (Å²) in [5, 5.41) is 3.00. The Morgan fingerprint density at radius 3 is 2.42 bits per heavy atom. The molecule has 5 nitrogen and oxygen atoms in total. The Morgan fingerprint density at radius 2 is 1.79 bits per heavy atom. The number of nitrogens with one attached hydrogen (secondary N) is 1. The van der Waals surface area contributed by atoms with Crippen molar-refractivity contribution in [2.24, 2.45) is 0 Å². The number of methoxy groups -OCH3 is 1. The molecule has 0 unspecified atom stereocenters. The molecule has 0 aromatic heterocycles. The van der Waals surface area contributed by atoms with Gasteiger partial charge in [0.05, 0.1) is 0 Å². The SMILES string of the molecule is COCCCCNC(=O)c1ccc(Cc2ccc(N(C(C)=O)C3CCCC3)cc2C)cc1C. The first kappa shape index (κ1) is 25.0. The molecule has 0 spiro atoms. The Labute approximate surface area is 198 Å². The van der Waals surface area contributed by atoms with Gasteiger partial charge in [-0.25, -0.2) is 0 Å². The molecule has 1 aliphatic rings. The summed E-state index contributed by atoms with van der Waals surface area (Å²) in [5.41, 5.74) is 6.32. The molecule has 33 heavy (non-hydrogen) atoms. The highest BCUT2D eigenvalue weighted by Gasteiger charge is 2.26. The van der Waals surface area contributed by atoms with Gasteiger partial charge in [-0.2, -0.15) is 0 Å². The van der Waals surface area contributed by atoms with Gasteiger partial charge in [0.15, 0.2) is 0 Å². The van der Waals surface area contributed by atoms with E-state index >= 15 is 0 Å². The smallest absolute Gasteiger partial charge is 0.251 e. The molecule has 2 amide bonds. The van der Waals surface area contributed by atoms with Crippen LogP contribution in [0.3, 0.4) is 0 Å². The lowest BCUT2D eigenvalue weighted by Gasteiger charge is -2.28. The predicted octanol–water partition coefficient (Wildman–Crippen LogP) is 5.35. The lowest BCUT2D eigenvalue weighted by Crippen LogP contribution is -2.37. The number of nitrogens with zero attached hydrogens (tertiary/aromatic N) is 1. The number of carbonyl (C=O) groups excluding carboxylic acids is 2. The Morgan fingerprint density at radius 1 is 1.03 bits per heavy atom. The van der Waals surface area contributed by atoms with Crippen LogP contribution in [0.15, 0.2) is 36.4 Å². The van der Waals surface area contributed by atoms with Gasteiger partial charge < -0.3 is 15.0 Å². The maximum absolute atomic E-state index is 12.5. The topological polar surface area (TPSA) is 58.6 Å². The van der Waals surface area contributed by atoms with Crippen molar-refractivity contribution >= 4 is 17.5 Å². The minimum Gasteiger partial charge on any atom is -0.385 e. The van der Waals surface area contributed by atoms with Gasteiger partial charge in [0.25, 0.3) is 5.91 Å². The predicted molar refractivity (Wildman–Crippen MR) is 134 cm³/mol. The number of ether oxygens (including phenoxy) is 1. The van der Waals surface area contributed by atoms with Crippen LogP contribution in [-0.2, 0) is 16.0 Å². The normalized spacial score (nSPS) is 13.8. The second-order valence-corrected chi connectivity index (χ2v) is 9.22. The van der Waals surface area contributed by atoms with Crippen LogP contribution in [0, 0.1) is 13.8 Å². The van der Waals surface area contributed by atoms with E-state index in [0.717, 1.165) is 55.5 Å². The number of hydrogen-bond acceptors (Lipinski definition) is 3. The van der Waals surface area contributed by atoms with E-state index < -0.39 is 0 Å². The summed E-state index contributed by atoms with van der Waals surface area (Å²) in [7, 11) is 1.69. The van der Waals surface area contributed by atoms with Crippen molar-refractivity contribution in [3.63, 3.8) is 0 Å². The molecule has 1 saturated carbocycles. The van der Waals surface area contributed by atoms with Crippen LogP contribution in [0.2, 0.25) is 0 Å². The van der Waals surface area contributed by atoms with Crippen LogP contribution in [-0.4, -0.2) is 38.1 Å². The van der Waals surface area contributed by atoms with E-state index in [1.54, 1.807) is 14.0 Å². The fourth-order valence-electron chi connectivity index (χ4n) is 4.82. The van der Waals surface area contributed by atoms with Crippen molar-refractivity contribution < 1.29 is 14.3 Å². The minimum atomic E-state index is -0.0202. The van der Waals surface area contributed by atoms with E-state index in [-0.39, 0.29) is 11.8 Å². The zero-order chi connectivity index (χ0) is 23.8. The van der Waals surface area contributed by atoms with Gasteiger partial charge in [-0.1, -0.05) is 31.0 Å². The molecule has 1 aliphatic carbocycles. The molecule has 1 N–H and O–H groups in total. The van der Waals surface area contributed by atoms with E-state index in [4.69, 9.17) is 4.74 Å². The van der Waals surface area contributed by atoms with Gasteiger partial charge in [-0.05, 0) is 86.4 Å². The molecule has 0 saturated heterocycles. The zero-order valence-electron chi connectivity index (χ0n) is 20.6. The number of hydrogen-bond donors (Lipinski definition) is 1. The maximum Gasteiger partial charge on any atom is 0.251 e. The highest BCUT2D eigenvalue weighted by Crippen LogP contribution is 2.30. The van der Waals surface area contributed by atoms with Crippen molar-refractivity contribution in [1.82, 2.24) is 5.32 Å². The zero-order valence-corrected chi connectivity index (χ0v) is 20.6. The molecule has 0 heterocycles. The van der Waals surface area contributed by atoms with Gasteiger partial charge in [-0.3, -0.25) is 9.59 Å². The Bertz CT molecular complexity index is 964. The largest absolute Gasteiger partial charge is 0.385 e. The van der Waals surface area contributed by atoms with E-state index in [9.17, 15) is 9.59 Å². The van der Waals surface area contributed by atoms with E-state index in [0.29, 0.717) is 12.6 Å². The summed E-state index contributed by atoms with van der Waals surface area (Å²) >= 11 is 0. The Hall–Kier alpha value is -2.66. The van der Waals surface area contributed by atoms with Crippen molar-refractivity contribution in [1.29, 1.82) is 0 Å². The van der Waals surface area contributed by atoms with Crippen molar-refractivity contribution in [2.45, 2.75) is 71.8 Å². The van der Waals surface area contributed by atoms with E-state index in [2.05, 4.69) is 36.5 Å². The van der Waals surface area contributed by atoms with E-state index in [1.807, 2.05) is 24.0 Å². The second kappa shape index (κ2) is 12.0. The van der Waals surface area contributed by atoms with Gasteiger partial charge in [0, 0.05) is 44.5 Å². The number of carbonyl (C=O) groups is 2. The molecular formula is C28H38N2O3. The first-order valence-electron chi connectivity index (χ1n) is 12.2. The summed E-state index contributed by atoms with van der Waals surface area (Å²) in [4.78, 5) is 26.8. The first-order valence-corrected chi connectivity index (χ1v) is 12.2. The number of amides is 2.